The molecule has 0 radical (unpaired) electrons. The monoisotopic (exact) mass is 204 g/mol. The number of aromatic nitrogens is 1. The van der Waals surface area contributed by atoms with Crippen molar-refractivity contribution in [2.45, 2.75) is 13.3 Å². The van der Waals surface area contributed by atoms with Crippen LogP contribution >= 0.6 is 0 Å². The molecule has 0 aromatic carbocycles. The first-order valence-corrected chi connectivity index (χ1v) is 3.56. The minimum atomic E-state index is -3.03. The van der Waals surface area contributed by atoms with Crippen LogP contribution in [0.15, 0.2) is 6.20 Å². The van der Waals surface area contributed by atoms with E-state index >= 15 is 0 Å². The molecule has 0 spiro atoms. The van der Waals surface area contributed by atoms with Crippen LogP contribution in [0.2, 0.25) is 0 Å². The van der Waals surface area contributed by atoms with Crippen molar-refractivity contribution >= 4 is 5.69 Å². The van der Waals surface area contributed by atoms with E-state index in [1.165, 1.54) is 6.92 Å². The smallest absolute Gasteiger partial charge is 0.303 e. The molecule has 1 aromatic rings. The van der Waals surface area contributed by atoms with Crippen LogP contribution in [-0.4, -0.2) is 15.0 Å². The van der Waals surface area contributed by atoms with Crippen molar-refractivity contribution in [3.05, 3.63) is 27.6 Å². The number of nitrogens with zero attached hydrogens (tertiary/aromatic N) is 2. The SMILES string of the molecule is Cc1c(O)cnc(C(F)F)c1[N+](=O)[O-]. The Balaban J connectivity index is 3.45. The number of rotatable bonds is 2. The Labute approximate surface area is 77.2 Å². The Hall–Kier alpha value is -1.79. The average Bonchev–Trinajstić information content (AvgIpc) is 2.08. The molecule has 76 valence electrons. The zero-order valence-electron chi connectivity index (χ0n) is 7.07. The molecule has 0 bridgehead atoms. The highest BCUT2D eigenvalue weighted by Gasteiger charge is 2.27. The fourth-order valence-electron chi connectivity index (χ4n) is 0.992. The van der Waals surface area contributed by atoms with E-state index in [-0.39, 0.29) is 5.56 Å². The molecule has 0 saturated carbocycles. The first-order valence-electron chi connectivity index (χ1n) is 3.56. The maximum absolute atomic E-state index is 12.3. The molecule has 0 aliphatic carbocycles. The van der Waals surface area contributed by atoms with Gasteiger partial charge in [0.25, 0.3) is 6.43 Å². The molecule has 1 rings (SSSR count). The van der Waals surface area contributed by atoms with Crippen molar-refractivity contribution in [1.29, 1.82) is 0 Å². The van der Waals surface area contributed by atoms with Gasteiger partial charge in [-0.3, -0.25) is 10.1 Å². The number of halogens is 2. The van der Waals surface area contributed by atoms with Gasteiger partial charge in [0.2, 0.25) is 0 Å². The molecule has 1 N–H and O–H groups in total. The molecule has 0 atom stereocenters. The van der Waals surface area contributed by atoms with Crippen molar-refractivity contribution in [2.75, 3.05) is 0 Å². The number of pyridine rings is 1. The third kappa shape index (κ3) is 1.61. The van der Waals surface area contributed by atoms with E-state index in [1.807, 2.05) is 0 Å². The number of hydrogen-bond acceptors (Lipinski definition) is 4. The molecule has 0 aliphatic heterocycles. The van der Waals surface area contributed by atoms with Crippen LogP contribution in [0.25, 0.3) is 0 Å². The Morgan fingerprint density at radius 2 is 2.21 bits per heavy atom. The van der Waals surface area contributed by atoms with Gasteiger partial charge in [-0.15, -0.1) is 0 Å². The molecule has 5 nitrogen and oxygen atoms in total. The van der Waals surface area contributed by atoms with Gasteiger partial charge >= 0.3 is 5.69 Å². The van der Waals surface area contributed by atoms with Gasteiger partial charge in [-0.1, -0.05) is 0 Å². The van der Waals surface area contributed by atoms with Gasteiger partial charge in [-0.25, -0.2) is 13.8 Å². The summed E-state index contributed by atoms with van der Waals surface area (Å²) in [6, 6.07) is 0. The molecule has 0 amide bonds. The topological polar surface area (TPSA) is 76.3 Å². The summed E-state index contributed by atoms with van der Waals surface area (Å²) in [5.74, 6) is -0.471. The minimum absolute atomic E-state index is 0.208. The van der Waals surface area contributed by atoms with Crippen LogP contribution in [0.4, 0.5) is 14.5 Å². The molecular formula is C7H6F2N2O3. The summed E-state index contributed by atoms with van der Waals surface area (Å²) in [4.78, 5) is 12.6. The highest BCUT2D eigenvalue weighted by Crippen LogP contribution is 2.33. The van der Waals surface area contributed by atoms with Gasteiger partial charge in [0, 0.05) is 0 Å². The largest absolute Gasteiger partial charge is 0.506 e. The van der Waals surface area contributed by atoms with Gasteiger partial charge < -0.3 is 5.11 Å². The fraction of sp³-hybridized carbons (Fsp3) is 0.286. The molecule has 0 aliphatic rings. The molecule has 0 fully saturated rings. The second kappa shape index (κ2) is 3.52. The number of aromatic hydroxyl groups is 1. The molecule has 1 heterocycles. The summed E-state index contributed by atoms with van der Waals surface area (Å²) in [7, 11) is 0. The van der Waals surface area contributed by atoms with Crippen LogP contribution in [0.5, 0.6) is 5.75 Å². The quantitative estimate of drug-likeness (QED) is 0.589. The van der Waals surface area contributed by atoms with Crippen LogP contribution < -0.4 is 0 Å². The van der Waals surface area contributed by atoms with Gasteiger partial charge in [0.05, 0.1) is 16.7 Å². The zero-order chi connectivity index (χ0) is 10.9. The summed E-state index contributed by atoms with van der Waals surface area (Å²) >= 11 is 0. The second-order valence-corrected chi connectivity index (χ2v) is 2.56. The Morgan fingerprint density at radius 3 is 2.64 bits per heavy atom. The molecular weight excluding hydrogens is 198 g/mol. The van der Waals surface area contributed by atoms with E-state index in [0.717, 1.165) is 6.20 Å². The van der Waals surface area contributed by atoms with Gasteiger partial charge in [0.1, 0.15) is 5.75 Å². The third-order valence-corrected chi connectivity index (χ3v) is 1.70. The summed E-state index contributed by atoms with van der Waals surface area (Å²) in [5, 5.41) is 19.5. The lowest BCUT2D eigenvalue weighted by molar-refractivity contribution is -0.387. The van der Waals surface area contributed by atoms with Gasteiger partial charge in [-0.05, 0) is 6.92 Å². The minimum Gasteiger partial charge on any atom is -0.506 e. The molecule has 0 unspecified atom stereocenters. The summed E-state index contributed by atoms with van der Waals surface area (Å²) in [5.41, 5.74) is -1.97. The predicted molar refractivity (Wildman–Crippen MR) is 42.3 cm³/mol. The molecule has 0 saturated heterocycles. The van der Waals surface area contributed by atoms with E-state index in [1.54, 1.807) is 0 Å². The maximum Gasteiger partial charge on any atom is 0.303 e. The summed E-state index contributed by atoms with van der Waals surface area (Å²) in [6.45, 7) is 1.18. The van der Waals surface area contributed by atoms with Crippen LogP contribution in [0, 0.1) is 17.0 Å². The van der Waals surface area contributed by atoms with Gasteiger partial charge in [0.15, 0.2) is 5.69 Å². The third-order valence-electron chi connectivity index (χ3n) is 1.70. The Kier molecular flexibility index (Phi) is 2.59. The van der Waals surface area contributed by atoms with Crippen molar-refractivity contribution < 1.29 is 18.8 Å². The number of hydrogen-bond donors (Lipinski definition) is 1. The summed E-state index contributed by atoms with van der Waals surface area (Å²) in [6.07, 6.45) is -2.27. The lowest BCUT2D eigenvalue weighted by atomic mass is 10.2. The molecule has 7 heteroatoms. The lowest BCUT2D eigenvalue weighted by Gasteiger charge is -2.04. The zero-order valence-corrected chi connectivity index (χ0v) is 7.07. The second-order valence-electron chi connectivity index (χ2n) is 2.56. The van der Waals surface area contributed by atoms with E-state index in [0.29, 0.717) is 0 Å². The Morgan fingerprint density at radius 1 is 1.64 bits per heavy atom. The highest BCUT2D eigenvalue weighted by atomic mass is 19.3. The van der Waals surface area contributed by atoms with E-state index < -0.39 is 28.5 Å². The lowest BCUT2D eigenvalue weighted by Crippen LogP contribution is -2.01. The fourth-order valence-corrected chi connectivity index (χ4v) is 0.992. The maximum atomic E-state index is 12.3. The van der Waals surface area contributed by atoms with E-state index in [4.69, 9.17) is 5.11 Å². The standard InChI is InChI=1S/C7H6F2N2O3/c1-3-4(12)2-10-5(7(8)9)6(3)11(13)14/h2,7,12H,1H3. The number of nitro groups is 1. The average molecular weight is 204 g/mol. The summed E-state index contributed by atoms with van der Waals surface area (Å²) < 4.78 is 24.5. The van der Waals surface area contributed by atoms with Crippen molar-refractivity contribution in [3.8, 4) is 5.75 Å². The molecule has 1 aromatic heterocycles. The van der Waals surface area contributed by atoms with Crippen LogP contribution in [0.3, 0.4) is 0 Å². The van der Waals surface area contributed by atoms with Crippen molar-refractivity contribution in [1.82, 2.24) is 4.98 Å². The number of alkyl halides is 2. The van der Waals surface area contributed by atoms with Crippen LogP contribution in [0.1, 0.15) is 17.7 Å². The van der Waals surface area contributed by atoms with E-state index in [2.05, 4.69) is 4.98 Å². The Bertz CT molecular complexity index is 381. The molecule has 14 heavy (non-hydrogen) atoms. The van der Waals surface area contributed by atoms with Crippen molar-refractivity contribution in [3.63, 3.8) is 0 Å². The predicted octanol–water partition coefficient (Wildman–Crippen LogP) is 1.94. The van der Waals surface area contributed by atoms with Crippen LogP contribution in [-0.2, 0) is 0 Å². The van der Waals surface area contributed by atoms with E-state index in [9.17, 15) is 18.9 Å². The van der Waals surface area contributed by atoms with Crippen molar-refractivity contribution in [2.24, 2.45) is 0 Å². The first kappa shape index (κ1) is 10.3. The van der Waals surface area contributed by atoms with Gasteiger partial charge in [-0.2, -0.15) is 0 Å². The first-order chi connectivity index (χ1) is 6.45. The normalized spacial score (nSPS) is 10.6. The highest BCUT2D eigenvalue weighted by molar-refractivity contribution is 5.50.